The van der Waals surface area contributed by atoms with Gasteiger partial charge < -0.3 is 15.0 Å². The van der Waals surface area contributed by atoms with E-state index in [2.05, 4.69) is 34.6 Å². The third kappa shape index (κ3) is 5.26. The third-order valence-corrected chi connectivity index (χ3v) is 4.03. The van der Waals surface area contributed by atoms with E-state index in [0.717, 1.165) is 17.5 Å². The lowest BCUT2D eigenvalue weighted by atomic mass is 9.70. The zero-order chi connectivity index (χ0) is 18.2. The van der Waals surface area contributed by atoms with Crippen LogP contribution in [0.25, 0.3) is 0 Å². The van der Waals surface area contributed by atoms with Crippen molar-refractivity contribution in [3.63, 3.8) is 0 Å². The average Bonchev–Trinajstić information content (AvgIpc) is 2.25. The largest absolute Gasteiger partial charge is 0.550 e. The van der Waals surface area contributed by atoms with Crippen LogP contribution in [-0.2, 0) is 22.0 Å². The second-order valence-electron chi connectivity index (χ2n) is 9.46. The van der Waals surface area contributed by atoms with Crippen molar-refractivity contribution in [3.05, 3.63) is 28.8 Å². The summed E-state index contributed by atoms with van der Waals surface area (Å²) in [7, 11) is 0. The van der Waals surface area contributed by atoms with E-state index < -0.39 is 5.97 Å². The fraction of sp³-hybridized carbons (Fsp3) is 0.650. The van der Waals surface area contributed by atoms with Gasteiger partial charge in [0, 0.05) is 18.0 Å². The van der Waals surface area contributed by atoms with Crippen molar-refractivity contribution in [1.29, 1.82) is 0 Å². The summed E-state index contributed by atoms with van der Waals surface area (Å²) in [5.74, 6) is -0.816. The Bertz CT molecular complexity index is 584. The Labute approximate surface area is 140 Å². The molecule has 0 aliphatic rings. The van der Waals surface area contributed by atoms with Crippen LogP contribution < -0.4 is 5.11 Å². The van der Waals surface area contributed by atoms with Crippen molar-refractivity contribution in [1.82, 2.24) is 0 Å². The maximum Gasteiger partial charge on any atom is 0.123 e. The molecule has 0 bridgehead atoms. The zero-order valence-electron chi connectivity index (χ0n) is 15.8. The number of benzene rings is 1. The standard InChI is InChI=1S/C20H32O3/c1-18(2,3)12-20(7,8)15-10-13(11-16(21)22)9-14(17(15)23)19(4,5)6/h9-10,23H,11-12H2,1-8H3,(H,21,22)/p-1. The molecule has 0 spiro atoms. The SMILES string of the molecule is CC(C)(C)CC(C)(C)c1cc(CC(=O)[O-])cc(C(C)(C)C)c1O. The van der Waals surface area contributed by atoms with Crippen LogP contribution in [0.2, 0.25) is 0 Å². The van der Waals surface area contributed by atoms with E-state index in [-0.39, 0.29) is 28.4 Å². The van der Waals surface area contributed by atoms with E-state index >= 15 is 0 Å². The number of phenols is 1. The van der Waals surface area contributed by atoms with Gasteiger partial charge >= 0.3 is 0 Å². The van der Waals surface area contributed by atoms with Gasteiger partial charge in [-0.05, 0) is 33.8 Å². The monoisotopic (exact) mass is 319 g/mol. The molecule has 0 fully saturated rings. The molecule has 23 heavy (non-hydrogen) atoms. The molecule has 0 amide bonds. The van der Waals surface area contributed by atoms with E-state index in [4.69, 9.17) is 0 Å². The summed E-state index contributed by atoms with van der Waals surface area (Å²) in [6.07, 6.45) is 0.744. The van der Waals surface area contributed by atoms with Gasteiger partial charge in [-0.1, -0.05) is 67.5 Å². The van der Waals surface area contributed by atoms with E-state index in [9.17, 15) is 15.0 Å². The molecule has 0 saturated heterocycles. The van der Waals surface area contributed by atoms with Crippen LogP contribution in [0.4, 0.5) is 0 Å². The van der Waals surface area contributed by atoms with Crippen molar-refractivity contribution in [2.45, 2.75) is 79.1 Å². The number of aromatic hydroxyl groups is 1. The summed E-state index contributed by atoms with van der Waals surface area (Å²) in [5.41, 5.74) is 1.86. The number of carboxylic acids is 1. The maximum absolute atomic E-state index is 11.0. The predicted molar refractivity (Wildman–Crippen MR) is 92.6 cm³/mol. The number of carbonyl (C=O) groups is 1. The van der Waals surface area contributed by atoms with Gasteiger partial charge in [-0.15, -0.1) is 0 Å². The molecule has 0 atom stereocenters. The van der Waals surface area contributed by atoms with Crippen molar-refractivity contribution in [2.75, 3.05) is 0 Å². The highest BCUT2D eigenvalue weighted by atomic mass is 16.4. The topological polar surface area (TPSA) is 60.4 Å². The van der Waals surface area contributed by atoms with Crippen LogP contribution in [0.5, 0.6) is 5.75 Å². The zero-order valence-corrected chi connectivity index (χ0v) is 15.8. The van der Waals surface area contributed by atoms with E-state index in [1.807, 2.05) is 26.8 Å². The average molecular weight is 319 g/mol. The van der Waals surface area contributed by atoms with Crippen LogP contribution in [-0.4, -0.2) is 11.1 Å². The van der Waals surface area contributed by atoms with Gasteiger partial charge in [0.05, 0.1) is 0 Å². The Hall–Kier alpha value is -1.51. The molecule has 0 radical (unpaired) electrons. The molecule has 0 aliphatic carbocycles. The quantitative estimate of drug-likeness (QED) is 0.920. The second-order valence-corrected chi connectivity index (χ2v) is 9.46. The fourth-order valence-electron chi connectivity index (χ4n) is 3.47. The predicted octanol–water partition coefficient (Wildman–Crippen LogP) is 3.70. The Balaban J connectivity index is 3.54. The van der Waals surface area contributed by atoms with Crippen LogP contribution >= 0.6 is 0 Å². The highest BCUT2D eigenvalue weighted by Crippen LogP contribution is 2.44. The Morgan fingerprint density at radius 2 is 1.48 bits per heavy atom. The molecule has 1 aromatic rings. The van der Waals surface area contributed by atoms with Gasteiger partial charge in [-0.25, -0.2) is 0 Å². The number of carbonyl (C=O) groups excluding carboxylic acids is 1. The van der Waals surface area contributed by atoms with Gasteiger partial charge in [-0.2, -0.15) is 0 Å². The molecular weight excluding hydrogens is 288 g/mol. The molecule has 0 aliphatic heterocycles. The fourth-order valence-corrected chi connectivity index (χ4v) is 3.47. The van der Waals surface area contributed by atoms with Crippen LogP contribution in [0.1, 0.15) is 78.5 Å². The van der Waals surface area contributed by atoms with Crippen molar-refractivity contribution >= 4 is 5.97 Å². The molecular formula is C20H31O3-. The normalized spacial score (nSPS) is 13.2. The molecule has 130 valence electrons. The molecule has 0 aromatic heterocycles. The van der Waals surface area contributed by atoms with E-state index in [1.54, 1.807) is 6.07 Å². The number of phenolic OH excluding ortho intramolecular Hbond substituents is 1. The third-order valence-electron chi connectivity index (χ3n) is 4.03. The van der Waals surface area contributed by atoms with Gasteiger partial charge in [0.2, 0.25) is 0 Å². The minimum absolute atomic E-state index is 0.0994. The first-order valence-electron chi connectivity index (χ1n) is 8.20. The van der Waals surface area contributed by atoms with Crippen molar-refractivity contribution in [2.24, 2.45) is 5.41 Å². The highest BCUT2D eigenvalue weighted by Gasteiger charge is 2.32. The van der Waals surface area contributed by atoms with Gasteiger partial charge in [0.15, 0.2) is 0 Å². The number of hydrogen-bond acceptors (Lipinski definition) is 3. The lowest BCUT2D eigenvalue weighted by Gasteiger charge is -2.35. The molecule has 1 N–H and O–H groups in total. The Kier molecular flexibility index (Phi) is 5.25. The summed E-state index contributed by atoms with van der Waals surface area (Å²) < 4.78 is 0. The van der Waals surface area contributed by atoms with Gasteiger partial charge in [-0.3, -0.25) is 0 Å². The number of aliphatic carboxylic acids is 1. The molecule has 3 nitrogen and oxygen atoms in total. The molecule has 0 heterocycles. The lowest BCUT2D eigenvalue weighted by molar-refractivity contribution is -0.304. The first-order chi connectivity index (χ1) is 10.1. The van der Waals surface area contributed by atoms with Crippen LogP contribution in [0, 0.1) is 5.41 Å². The molecule has 3 heteroatoms. The summed E-state index contributed by atoms with van der Waals surface area (Å²) in [4.78, 5) is 11.0. The van der Waals surface area contributed by atoms with E-state index in [0.29, 0.717) is 5.56 Å². The van der Waals surface area contributed by atoms with Crippen LogP contribution in [0.3, 0.4) is 0 Å². The second kappa shape index (κ2) is 6.18. The smallest absolute Gasteiger partial charge is 0.123 e. The molecule has 0 unspecified atom stereocenters. The minimum atomic E-state index is -1.10. The summed E-state index contributed by atoms with van der Waals surface area (Å²) >= 11 is 0. The van der Waals surface area contributed by atoms with Gasteiger partial charge in [0.25, 0.3) is 0 Å². The first-order valence-corrected chi connectivity index (χ1v) is 8.20. The summed E-state index contributed by atoms with van der Waals surface area (Å²) in [6.45, 7) is 16.8. The van der Waals surface area contributed by atoms with Crippen LogP contribution in [0.15, 0.2) is 12.1 Å². The number of rotatable bonds is 4. The lowest BCUT2D eigenvalue weighted by Crippen LogP contribution is -2.28. The minimum Gasteiger partial charge on any atom is -0.550 e. The van der Waals surface area contributed by atoms with Crippen molar-refractivity contribution < 1.29 is 15.0 Å². The first kappa shape index (κ1) is 19.5. The maximum atomic E-state index is 11.0. The van der Waals surface area contributed by atoms with Gasteiger partial charge in [0.1, 0.15) is 5.75 Å². The summed E-state index contributed by atoms with van der Waals surface area (Å²) in [5, 5.41) is 21.9. The van der Waals surface area contributed by atoms with E-state index in [1.165, 1.54) is 0 Å². The molecule has 0 saturated carbocycles. The summed E-state index contributed by atoms with van der Waals surface area (Å²) in [6, 6.07) is 3.62. The van der Waals surface area contributed by atoms with Crippen molar-refractivity contribution in [3.8, 4) is 5.75 Å². The highest BCUT2D eigenvalue weighted by molar-refractivity contribution is 5.69. The Morgan fingerprint density at radius 3 is 1.87 bits per heavy atom. The Morgan fingerprint density at radius 1 is 1.00 bits per heavy atom. The molecule has 1 aromatic carbocycles. The number of carboxylic acid groups (broad SMARTS) is 1. The number of hydrogen-bond donors (Lipinski definition) is 1. The molecule has 1 rings (SSSR count).